The zero-order chi connectivity index (χ0) is 30.6. The molecule has 1 unspecified atom stereocenters. The molecule has 0 radical (unpaired) electrons. The summed E-state index contributed by atoms with van der Waals surface area (Å²) in [5, 5.41) is 29.2. The fraction of sp³-hybridized carbons (Fsp3) is 0.500. The lowest BCUT2D eigenvalue weighted by molar-refractivity contribution is -0.152. The van der Waals surface area contributed by atoms with Crippen LogP contribution in [0.4, 0.5) is 5.82 Å². The molecule has 1 aliphatic heterocycles. The predicted molar refractivity (Wildman–Crippen MR) is 157 cm³/mol. The van der Waals surface area contributed by atoms with E-state index in [0.29, 0.717) is 11.2 Å². The maximum atomic E-state index is 14.0. The lowest BCUT2D eigenvalue weighted by Gasteiger charge is -2.28. The van der Waals surface area contributed by atoms with Crippen LogP contribution in [0.25, 0.3) is 5.52 Å². The van der Waals surface area contributed by atoms with Crippen molar-refractivity contribution >= 4 is 31.3 Å². The Morgan fingerprint density at radius 3 is 2.72 bits per heavy atom. The molecule has 5 rings (SSSR count). The van der Waals surface area contributed by atoms with Gasteiger partial charge in [0.25, 0.3) is 0 Å². The van der Waals surface area contributed by atoms with Crippen molar-refractivity contribution in [1.82, 2.24) is 19.7 Å². The van der Waals surface area contributed by atoms with Gasteiger partial charge in [-0.15, -0.1) is 0 Å². The number of aliphatic hydroxyl groups is 2. The minimum atomic E-state index is -4.27. The van der Waals surface area contributed by atoms with Crippen LogP contribution in [0.15, 0.2) is 53.8 Å². The molecule has 2 aliphatic rings. The molecule has 0 bridgehead atoms. The molecule has 1 aromatic carbocycles. The lowest BCUT2D eigenvalue weighted by atomic mass is 9.92. The quantitative estimate of drug-likeness (QED) is 0.140. The molecule has 2 fully saturated rings. The second-order valence-corrected chi connectivity index (χ2v) is 12.4. The van der Waals surface area contributed by atoms with Gasteiger partial charge in [0.1, 0.15) is 48.1 Å². The third-order valence-corrected chi connectivity index (χ3v) is 9.25. The molecule has 43 heavy (non-hydrogen) atoms. The van der Waals surface area contributed by atoms with Crippen LogP contribution >= 0.6 is 7.75 Å². The van der Waals surface area contributed by atoms with Gasteiger partial charge in [-0.3, -0.25) is 14.3 Å². The average Bonchev–Trinajstić information content (AvgIpc) is 3.54. The maximum absolute atomic E-state index is 14.0. The zero-order valence-corrected chi connectivity index (χ0v) is 24.9. The largest absolute Gasteiger partial charge is 0.461 e. The van der Waals surface area contributed by atoms with E-state index in [1.165, 1.54) is 31.0 Å². The third-order valence-electron chi connectivity index (χ3n) is 7.61. The standard InChI is InChI=1S/C28H37N6O8P/c1-18(27(37)40-19-9-5-3-6-10-19)33-43(38,42-20-11-7-4-8-12-20)39-15-22-24(35)25(36)28(41-22,16-30-2)23-14-13-21-26(29)31-17-32-34(21)23/h4,7-8,11-14,16-19,22,24-25,35-36H,3,5-6,9-10,15H2,1-2H3,(H,33,38)(H2,29,31,32)/b30-16-/t18-,22+,24+,25+,28-,43?/m0/s1. The summed E-state index contributed by atoms with van der Waals surface area (Å²) < 4.78 is 38.8. The van der Waals surface area contributed by atoms with Crippen molar-refractivity contribution in [3.8, 4) is 5.75 Å². The van der Waals surface area contributed by atoms with Gasteiger partial charge in [0, 0.05) is 13.3 Å². The monoisotopic (exact) mass is 616 g/mol. The fourth-order valence-electron chi connectivity index (χ4n) is 5.43. The number of anilines is 1. The van der Waals surface area contributed by atoms with E-state index in [4.69, 9.17) is 24.3 Å². The first-order valence-electron chi connectivity index (χ1n) is 14.2. The summed E-state index contributed by atoms with van der Waals surface area (Å²) in [6.45, 7) is 1.02. The highest BCUT2D eigenvalue weighted by molar-refractivity contribution is 7.52. The normalized spacial score (nSPS) is 26.8. The van der Waals surface area contributed by atoms with E-state index in [1.54, 1.807) is 42.5 Å². The Labute approximate surface area is 248 Å². The number of aliphatic imine (C=N–C) groups is 1. The highest BCUT2D eigenvalue weighted by atomic mass is 31.2. The number of fused-ring (bicyclic) bond motifs is 1. The predicted octanol–water partition coefficient (Wildman–Crippen LogP) is 2.39. The summed E-state index contributed by atoms with van der Waals surface area (Å²) >= 11 is 0. The number of ether oxygens (including phenoxy) is 2. The van der Waals surface area contributed by atoms with Gasteiger partial charge in [0.2, 0.25) is 0 Å². The first kappa shape index (κ1) is 31.0. The Morgan fingerprint density at radius 1 is 1.26 bits per heavy atom. The van der Waals surface area contributed by atoms with Gasteiger partial charge in [-0.2, -0.15) is 10.2 Å². The van der Waals surface area contributed by atoms with Crippen molar-refractivity contribution in [2.75, 3.05) is 19.4 Å². The van der Waals surface area contributed by atoms with Crippen molar-refractivity contribution in [3.63, 3.8) is 0 Å². The first-order chi connectivity index (χ1) is 20.7. The second kappa shape index (κ2) is 13.1. The minimum absolute atomic E-state index is 0.191. The average molecular weight is 617 g/mol. The zero-order valence-electron chi connectivity index (χ0n) is 24.0. The summed E-state index contributed by atoms with van der Waals surface area (Å²) in [6.07, 6.45) is 2.83. The number of carbonyl (C=O) groups excluding carboxylic acids is 1. The van der Waals surface area contributed by atoms with Crippen molar-refractivity contribution in [3.05, 3.63) is 54.5 Å². The van der Waals surface area contributed by atoms with Crippen molar-refractivity contribution in [2.45, 2.75) is 75.1 Å². The highest BCUT2D eigenvalue weighted by Crippen LogP contribution is 2.47. The molecule has 14 nitrogen and oxygen atoms in total. The van der Waals surface area contributed by atoms with Gasteiger partial charge in [0.15, 0.2) is 11.4 Å². The SMILES string of the molecule is C/N=C\[C@@]1(c2ccc3c(N)ncnn23)O[C@H](COP(=O)(N[C@@H](C)C(=O)OC2CCCCC2)Oc2ccccc2)[C@@H](O)[C@H]1O. The summed E-state index contributed by atoms with van der Waals surface area (Å²) in [5.74, 6) is -0.151. The van der Waals surface area contributed by atoms with E-state index >= 15 is 0 Å². The number of hydrogen-bond acceptors (Lipinski definition) is 12. The maximum Gasteiger partial charge on any atom is 0.459 e. The molecule has 3 heterocycles. The molecule has 6 atom stereocenters. The number of para-hydroxylation sites is 1. The first-order valence-corrected chi connectivity index (χ1v) is 15.7. The molecule has 1 saturated carbocycles. The van der Waals surface area contributed by atoms with E-state index in [1.807, 2.05) is 0 Å². The van der Waals surface area contributed by atoms with E-state index in [9.17, 15) is 19.6 Å². The van der Waals surface area contributed by atoms with Crippen LogP contribution in [0.1, 0.15) is 44.7 Å². The number of nitrogens with zero attached hydrogens (tertiary/aromatic N) is 4. The summed E-state index contributed by atoms with van der Waals surface area (Å²) in [5.41, 5.74) is 5.12. The summed E-state index contributed by atoms with van der Waals surface area (Å²) in [7, 11) is -2.77. The van der Waals surface area contributed by atoms with Gasteiger partial charge in [-0.25, -0.2) is 14.1 Å². The molecule has 3 aromatic rings. The molecule has 1 saturated heterocycles. The van der Waals surface area contributed by atoms with Gasteiger partial charge in [-0.05, 0) is 56.9 Å². The number of nitrogen functional groups attached to an aromatic ring is 1. The van der Waals surface area contributed by atoms with Crippen LogP contribution < -0.4 is 15.3 Å². The molecule has 1 aliphatic carbocycles. The van der Waals surface area contributed by atoms with Crippen LogP contribution in [0, 0.1) is 0 Å². The van der Waals surface area contributed by atoms with E-state index in [2.05, 4.69) is 20.2 Å². The number of esters is 1. The van der Waals surface area contributed by atoms with E-state index in [0.717, 1.165) is 32.1 Å². The van der Waals surface area contributed by atoms with E-state index in [-0.39, 0.29) is 17.7 Å². The smallest absolute Gasteiger partial charge is 0.459 e. The lowest BCUT2D eigenvalue weighted by Crippen LogP contribution is -2.43. The van der Waals surface area contributed by atoms with Crippen LogP contribution in [0.2, 0.25) is 0 Å². The Bertz CT molecular complexity index is 1480. The Hall–Kier alpha value is -3.39. The molecular formula is C28H37N6O8P. The van der Waals surface area contributed by atoms with Crippen LogP contribution in [0.3, 0.4) is 0 Å². The number of aliphatic hydroxyl groups excluding tert-OH is 2. The van der Waals surface area contributed by atoms with Crippen molar-refractivity contribution in [1.29, 1.82) is 0 Å². The molecule has 15 heteroatoms. The summed E-state index contributed by atoms with van der Waals surface area (Å²) in [6, 6.07) is 10.6. The van der Waals surface area contributed by atoms with Crippen molar-refractivity contribution in [2.24, 2.45) is 4.99 Å². The number of aromatic nitrogens is 3. The van der Waals surface area contributed by atoms with E-state index < -0.39 is 50.3 Å². The van der Waals surface area contributed by atoms with Crippen LogP contribution in [-0.4, -0.2) is 81.1 Å². The van der Waals surface area contributed by atoms with Crippen LogP contribution in [-0.2, 0) is 29.0 Å². The number of rotatable bonds is 11. The van der Waals surface area contributed by atoms with Crippen molar-refractivity contribution < 1.29 is 38.1 Å². The Kier molecular flexibility index (Phi) is 9.45. The third kappa shape index (κ3) is 6.59. The Morgan fingerprint density at radius 2 is 2.00 bits per heavy atom. The molecule has 2 aromatic heterocycles. The Balaban J connectivity index is 1.36. The van der Waals surface area contributed by atoms with Gasteiger partial charge < -0.3 is 29.9 Å². The topological polar surface area (TPSA) is 192 Å². The molecular weight excluding hydrogens is 579 g/mol. The van der Waals surface area contributed by atoms with Gasteiger partial charge >= 0.3 is 13.7 Å². The minimum Gasteiger partial charge on any atom is -0.461 e. The van der Waals surface area contributed by atoms with Gasteiger partial charge in [0.05, 0.1) is 12.3 Å². The molecule has 0 spiro atoms. The second-order valence-electron chi connectivity index (χ2n) is 10.7. The number of carbonyl (C=O) groups is 1. The summed E-state index contributed by atoms with van der Waals surface area (Å²) in [4.78, 5) is 20.9. The molecule has 0 amide bonds. The number of hydrogen-bond donors (Lipinski definition) is 4. The molecule has 232 valence electrons. The molecule has 5 N–H and O–H groups in total. The van der Waals surface area contributed by atoms with Crippen LogP contribution in [0.5, 0.6) is 5.75 Å². The fourth-order valence-corrected chi connectivity index (χ4v) is 6.93. The highest BCUT2D eigenvalue weighted by Gasteiger charge is 2.56. The van der Waals surface area contributed by atoms with Gasteiger partial charge in [-0.1, -0.05) is 24.6 Å². The number of benzene rings is 1. The number of nitrogens with one attached hydrogen (secondary N) is 1. The number of nitrogens with two attached hydrogens (primary N) is 1.